The van der Waals surface area contributed by atoms with Crippen molar-refractivity contribution in [2.45, 2.75) is 0 Å². The van der Waals surface area contributed by atoms with Crippen molar-refractivity contribution in [1.29, 1.82) is 0 Å². The first-order valence-electron chi connectivity index (χ1n) is 7.20. The van der Waals surface area contributed by atoms with E-state index in [0.29, 0.717) is 5.46 Å². The van der Waals surface area contributed by atoms with Gasteiger partial charge in [0.2, 0.25) is 0 Å². The van der Waals surface area contributed by atoms with Crippen LogP contribution in [-0.4, -0.2) is 22.2 Å². The van der Waals surface area contributed by atoms with E-state index in [2.05, 4.69) is 29.2 Å². The maximum Gasteiger partial charge on any atom is 0.489 e. The number of rotatable bonds is 2. The summed E-state index contributed by atoms with van der Waals surface area (Å²) in [4.78, 5) is 3.41. The second-order valence-corrected chi connectivity index (χ2v) is 5.39. The Morgan fingerprint density at radius 2 is 1.45 bits per heavy atom. The highest BCUT2D eigenvalue weighted by molar-refractivity contribution is 6.60. The summed E-state index contributed by atoms with van der Waals surface area (Å²) in [6.45, 7) is 0. The minimum Gasteiger partial charge on any atom is -0.423 e. The van der Waals surface area contributed by atoms with Gasteiger partial charge in [0.15, 0.2) is 0 Å². The molecule has 0 spiro atoms. The minimum atomic E-state index is -1.48. The summed E-state index contributed by atoms with van der Waals surface area (Å²) in [5, 5.41) is 21.4. The second-order valence-electron chi connectivity index (χ2n) is 5.39. The zero-order valence-corrected chi connectivity index (χ0v) is 11.8. The molecule has 0 radical (unpaired) electrons. The number of hydrogen-bond donors (Lipinski definition) is 3. The Morgan fingerprint density at radius 3 is 2.32 bits per heavy atom. The molecule has 22 heavy (non-hydrogen) atoms. The van der Waals surface area contributed by atoms with Gasteiger partial charge in [-0.3, -0.25) is 0 Å². The van der Waals surface area contributed by atoms with Crippen molar-refractivity contribution < 1.29 is 10.0 Å². The highest BCUT2D eigenvalue weighted by Gasteiger charge is 2.16. The van der Waals surface area contributed by atoms with Crippen molar-refractivity contribution in [3.05, 3.63) is 66.7 Å². The standard InChI is InChI=1S/C18H14BNO2/c21-19(22)16-7-3-1-5-13(16)12-9-10-15-14-6-2-4-8-17(14)20-18(15)11-12/h1-11,20-22H. The molecule has 1 heterocycles. The van der Waals surface area contributed by atoms with E-state index in [1.807, 2.05) is 30.3 Å². The number of H-pyrrole nitrogens is 1. The van der Waals surface area contributed by atoms with Crippen molar-refractivity contribution in [2.75, 3.05) is 0 Å². The van der Waals surface area contributed by atoms with E-state index in [-0.39, 0.29) is 0 Å². The van der Waals surface area contributed by atoms with Crippen molar-refractivity contribution in [2.24, 2.45) is 0 Å². The van der Waals surface area contributed by atoms with E-state index in [1.54, 1.807) is 12.1 Å². The molecule has 0 atom stereocenters. The highest BCUT2D eigenvalue weighted by atomic mass is 16.4. The lowest BCUT2D eigenvalue weighted by Crippen LogP contribution is -2.31. The van der Waals surface area contributed by atoms with Gasteiger partial charge in [-0.1, -0.05) is 54.6 Å². The van der Waals surface area contributed by atoms with Gasteiger partial charge in [0.1, 0.15) is 0 Å². The molecule has 3 N–H and O–H groups in total. The quantitative estimate of drug-likeness (QED) is 0.496. The molecule has 0 saturated carbocycles. The van der Waals surface area contributed by atoms with E-state index in [4.69, 9.17) is 0 Å². The average molecular weight is 287 g/mol. The third-order valence-electron chi connectivity index (χ3n) is 4.06. The van der Waals surface area contributed by atoms with Gasteiger partial charge < -0.3 is 15.0 Å². The molecule has 1 aromatic heterocycles. The molecular formula is C18H14BNO2. The van der Waals surface area contributed by atoms with Crippen LogP contribution < -0.4 is 5.46 Å². The van der Waals surface area contributed by atoms with Crippen LogP contribution in [0.3, 0.4) is 0 Å². The van der Waals surface area contributed by atoms with Crippen molar-refractivity contribution in [3.8, 4) is 11.1 Å². The van der Waals surface area contributed by atoms with Gasteiger partial charge >= 0.3 is 7.12 Å². The molecule has 0 fully saturated rings. The molecule has 0 unspecified atom stereocenters. The van der Waals surface area contributed by atoms with Crippen molar-refractivity contribution >= 4 is 34.4 Å². The number of fused-ring (bicyclic) bond motifs is 3. The van der Waals surface area contributed by atoms with E-state index in [0.717, 1.165) is 22.2 Å². The lowest BCUT2D eigenvalue weighted by Gasteiger charge is -2.09. The molecule has 0 aliphatic carbocycles. The predicted molar refractivity (Wildman–Crippen MR) is 91.1 cm³/mol. The van der Waals surface area contributed by atoms with Crippen LogP contribution in [0.4, 0.5) is 0 Å². The molecule has 4 heteroatoms. The van der Waals surface area contributed by atoms with Gasteiger partial charge in [0.05, 0.1) is 0 Å². The van der Waals surface area contributed by atoms with Crippen LogP contribution in [0.2, 0.25) is 0 Å². The Balaban J connectivity index is 1.95. The summed E-state index contributed by atoms with van der Waals surface area (Å²) in [5.74, 6) is 0. The second kappa shape index (κ2) is 5.02. The molecule has 3 nitrogen and oxygen atoms in total. The number of para-hydroxylation sites is 1. The highest BCUT2D eigenvalue weighted by Crippen LogP contribution is 2.29. The first kappa shape index (κ1) is 13.1. The minimum absolute atomic E-state index is 0.512. The molecule has 0 amide bonds. The van der Waals surface area contributed by atoms with E-state index < -0.39 is 7.12 Å². The summed E-state index contributed by atoms with van der Waals surface area (Å²) >= 11 is 0. The summed E-state index contributed by atoms with van der Waals surface area (Å²) in [6, 6.07) is 21.7. The first-order chi connectivity index (χ1) is 10.7. The maximum atomic E-state index is 9.54. The lowest BCUT2D eigenvalue weighted by atomic mass is 9.75. The third-order valence-corrected chi connectivity index (χ3v) is 4.06. The van der Waals surface area contributed by atoms with Gasteiger partial charge in [-0.2, -0.15) is 0 Å². The number of aromatic nitrogens is 1. The van der Waals surface area contributed by atoms with Crippen LogP contribution in [0.25, 0.3) is 32.9 Å². The molecule has 3 aromatic carbocycles. The summed E-state index contributed by atoms with van der Waals surface area (Å²) in [6.07, 6.45) is 0. The fourth-order valence-electron chi connectivity index (χ4n) is 3.01. The van der Waals surface area contributed by atoms with Gasteiger partial charge in [-0.05, 0) is 28.7 Å². The summed E-state index contributed by atoms with van der Waals surface area (Å²) < 4.78 is 0. The number of nitrogens with one attached hydrogen (secondary N) is 1. The van der Waals surface area contributed by atoms with E-state index >= 15 is 0 Å². The number of hydrogen-bond acceptors (Lipinski definition) is 2. The van der Waals surface area contributed by atoms with Gasteiger partial charge in [-0.25, -0.2) is 0 Å². The van der Waals surface area contributed by atoms with Gasteiger partial charge in [-0.15, -0.1) is 0 Å². The Hall–Kier alpha value is -2.56. The Bertz CT molecular complexity index is 975. The zero-order valence-electron chi connectivity index (χ0n) is 11.8. The normalized spacial score (nSPS) is 11.2. The van der Waals surface area contributed by atoms with Crippen molar-refractivity contribution in [3.63, 3.8) is 0 Å². The molecule has 0 saturated heterocycles. The fraction of sp³-hybridized carbons (Fsp3) is 0. The molecule has 4 aromatic rings. The van der Waals surface area contributed by atoms with Crippen LogP contribution in [0.5, 0.6) is 0 Å². The van der Waals surface area contributed by atoms with Crippen molar-refractivity contribution in [1.82, 2.24) is 4.98 Å². The van der Waals surface area contributed by atoms with E-state index in [1.165, 1.54) is 10.8 Å². The Labute approximate surface area is 128 Å². The SMILES string of the molecule is OB(O)c1ccccc1-c1ccc2c(c1)[nH]c1ccccc12. The topological polar surface area (TPSA) is 56.2 Å². The molecule has 0 aliphatic heterocycles. The zero-order chi connectivity index (χ0) is 15.1. The summed E-state index contributed by atoms with van der Waals surface area (Å²) in [5.41, 5.74) is 4.45. The third kappa shape index (κ3) is 2.01. The molecule has 106 valence electrons. The van der Waals surface area contributed by atoms with Crippen LogP contribution in [-0.2, 0) is 0 Å². The van der Waals surface area contributed by atoms with Gasteiger partial charge in [0.25, 0.3) is 0 Å². The van der Waals surface area contributed by atoms with Crippen LogP contribution in [0.15, 0.2) is 66.7 Å². The maximum absolute atomic E-state index is 9.54. The lowest BCUT2D eigenvalue weighted by molar-refractivity contribution is 0.426. The molecule has 4 rings (SSSR count). The molecule has 0 aliphatic rings. The van der Waals surface area contributed by atoms with Crippen LogP contribution >= 0.6 is 0 Å². The van der Waals surface area contributed by atoms with E-state index in [9.17, 15) is 10.0 Å². The fourth-order valence-corrected chi connectivity index (χ4v) is 3.01. The number of aromatic amines is 1. The molecule has 0 bridgehead atoms. The predicted octanol–water partition coefficient (Wildman–Crippen LogP) is 2.67. The molecular weight excluding hydrogens is 273 g/mol. The largest absolute Gasteiger partial charge is 0.489 e. The van der Waals surface area contributed by atoms with Crippen LogP contribution in [0, 0.1) is 0 Å². The number of benzene rings is 3. The smallest absolute Gasteiger partial charge is 0.423 e. The average Bonchev–Trinajstić information content (AvgIpc) is 2.92. The van der Waals surface area contributed by atoms with Gasteiger partial charge in [0, 0.05) is 21.8 Å². The first-order valence-corrected chi connectivity index (χ1v) is 7.20. The summed E-state index contributed by atoms with van der Waals surface area (Å²) in [7, 11) is -1.48. The Morgan fingerprint density at radius 1 is 0.727 bits per heavy atom. The van der Waals surface area contributed by atoms with Crippen LogP contribution in [0.1, 0.15) is 0 Å². The Kier molecular flexibility index (Phi) is 3.00. The monoisotopic (exact) mass is 287 g/mol.